The van der Waals surface area contributed by atoms with E-state index < -0.39 is 5.41 Å². The van der Waals surface area contributed by atoms with E-state index >= 15 is 0 Å². The predicted octanol–water partition coefficient (Wildman–Crippen LogP) is 4.09. The molecule has 6 heteroatoms. The molecule has 0 spiro atoms. The normalized spacial score (nSPS) is 19.6. The highest BCUT2D eigenvalue weighted by Gasteiger charge is 2.43. The highest BCUT2D eigenvalue weighted by Crippen LogP contribution is 2.38. The molecule has 2 aromatic rings. The van der Waals surface area contributed by atoms with Gasteiger partial charge in [-0.25, -0.2) is 4.39 Å². The van der Waals surface area contributed by atoms with E-state index in [1.165, 1.54) is 18.2 Å². The Morgan fingerprint density at radius 1 is 1.16 bits per heavy atom. The number of rotatable bonds is 5. The van der Waals surface area contributed by atoms with Gasteiger partial charge in [0, 0.05) is 31.9 Å². The van der Waals surface area contributed by atoms with E-state index in [9.17, 15) is 14.3 Å². The van der Waals surface area contributed by atoms with Gasteiger partial charge in [-0.1, -0.05) is 24.3 Å². The van der Waals surface area contributed by atoms with Crippen LogP contribution < -0.4 is 0 Å². The summed E-state index contributed by atoms with van der Waals surface area (Å²) in [4.78, 5) is 18.1. The maximum absolute atomic E-state index is 13.8. The number of carbonyl (C=O) groups excluding carboxylic acids is 1. The molecule has 4 rings (SSSR count). The first-order valence-corrected chi connectivity index (χ1v) is 11.5. The summed E-state index contributed by atoms with van der Waals surface area (Å²) < 4.78 is 19.3. The lowest BCUT2D eigenvalue weighted by molar-refractivity contribution is -0.149. The molecule has 2 saturated heterocycles. The largest absolute Gasteiger partial charge is 0.507 e. The molecule has 0 radical (unpaired) electrons. The van der Waals surface area contributed by atoms with E-state index in [0.29, 0.717) is 25.2 Å². The summed E-state index contributed by atoms with van der Waals surface area (Å²) in [6.07, 6.45) is 4.11. The Kier molecular flexibility index (Phi) is 6.82. The Labute approximate surface area is 189 Å². The van der Waals surface area contributed by atoms with Crippen molar-refractivity contribution in [3.63, 3.8) is 0 Å². The number of piperidine rings is 1. The molecule has 2 aliphatic rings. The number of phenols is 1. The predicted molar refractivity (Wildman–Crippen MR) is 123 cm³/mol. The zero-order valence-corrected chi connectivity index (χ0v) is 19.0. The van der Waals surface area contributed by atoms with Crippen LogP contribution >= 0.6 is 0 Å². The second kappa shape index (κ2) is 9.59. The molecule has 2 aromatic carbocycles. The summed E-state index contributed by atoms with van der Waals surface area (Å²) in [5, 5.41) is 10.1. The Morgan fingerprint density at radius 2 is 1.81 bits per heavy atom. The number of nitrogens with zero attached hydrogens (tertiary/aromatic N) is 2. The Hall–Kier alpha value is -2.44. The molecule has 2 aliphatic heterocycles. The number of aromatic hydroxyl groups is 1. The van der Waals surface area contributed by atoms with Gasteiger partial charge in [-0.15, -0.1) is 0 Å². The van der Waals surface area contributed by atoms with Gasteiger partial charge in [0.1, 0.15) is 11.6 Å². The molecule has 0 aromatic heterocycles. The third kappa shape index (κ3) is 4.81. The number of halogens is 1. The first-order valence-electron chi connectivity index (χ1n) is 11.5. The zero-order valence-electron chi connectivity index (χ0n) is 19.0. The molecule has 0 bridgehead atoms. The summed E-state index contributed by atoms with van der Waals surface area (Å²) in [5.41, 5.74) is 1.83. The number of benzene rings is 2. The fraction of sp³-hybridized carbons (Fsp3) is 0.500. The fourth-order valence-corrected chi connectivity index (χ4v) is 5.08. The molecular formula is C26H33FN2O3. The van der Waals surface area contributed by atoms with E-state index in [0.717, 1.165) is 49.9 Å². The van der Waals surface area contributed by atoms with Crippen molar-refractivity contribution in [2.45, 2.75) is 38.1 Å². The summed E-state index contributed by atoms with van der Waals surface area (Å²) in [6, 6.07) is 12.0. The van der Waals surface area contributed by atoms with Crippen LogP contribution in [0.3, 0.4) is 0 Å². The standard InChI is InChI=1S/C26H33FN2O3/c1-28-13-9-22(10-14-28)29(2)25(31)26(11-15-32-16-12-26)18-19-3-5-20(6-4-19)23-17-21(27)7-8-24(23)30/h3-8,17,22,30H,9-16,18H2,1-2H3. The van der Waals surface area contributed by atoms with Crippen LogP contribution in [0.1, 0.15) is 31.2 Å². The second-order valence-electron chi connectivity index (χ2n) is 9.38. The van der Waals surface area contributed by atoms with E-state index in [1.807, 2.05) is 36.2 Å². The molecule has 0 aliphatic carbocycles. The SMILES string of the molecule is CN1CCC(N(C)C(=O)C2(Cc3ccc(-c4cc(F)ccc4O)cc3)CCOCC2)CC1. The van der Waals surface area contributed by atoms with Crippen LogP contribution in [0, 0.1) is 11.2 Å². The molecule has 1 N–H and O–H groups in total. The minimum atomic E-state index is -0.459. The topological polar surface area (TPSA) is 53.0 Å². The summed E-state index contributed by atoms with van der Waals surface area (Å²) in [7, 11) is 4.09. The lowest BCUT2D eigenvalue weighted by atomic mass is 9.73. The van der Waals surface area contributed by atoms with E-state index in [4.69, 9.17) is 4.74 Å². The molecular weight excluding hydrogens is 407 g/mol. The quantitative estimate of drug-likeness (QED) is 0.761. The third-order valence-electron chi connectivity index (χ3n) is 7.23. The number of carbonyl (C=O) groups is 1. The van der Waals surface area contributed by atoms with Gasteiger partial charge in [0.15, 0.2) is 0 Å². The first-order chi connectivity index (χ1) is 15.4. The highest BCUT2D eigenvalue weighted by molar-refractivity contribution is 5.83. The van der Waals surface area contributed by atoms with Crippen LogP contribution in [0.2, 0.25) is 0 Å². The van der Waals surface area contributed by atoms with Gasteiger partial charge in [0.2, 0.25) is 5.91 Å². The number of hydrogen-bond donors (Lipinski definition) is 1. The molecule has 5 nitrogen and oxygen atoms in total. The molecule has 0 atom stereocenters. The Morgan fingerprint density at radius 3 is 2.47 bits per heavy atom. The van der Waals surface area contributed by atoms with Crippen molar-refractivity contribution >= 4 is 5.91 Å². The van der Waals surface area contributed by atoms with Crippen LogP contribution in [0.5, 0.6) is 5.75 Å². The fourth-order valence-electron chi connectivity index (χ4n) is 5.08. The molecule has 0 saturated carbocycles. The summed E-state index contributed by atoms with van der Waals surface area (Å²) >= 11 is 0. The van der Waals surface area contributed by atoms with Crippen molar-refractivity contribution in [1.82, 2.24) is 9.80 Å². The van der Waals surface area contributed by atoms with Gasteiger partial charge in [0.25, 0.3) is 0 Å². The summed E-state index contributed by atoms with van der Waals surface area (Å²) in [5.74, 6) is -0.109. The van der Waals surface area contributed by atoms with Crippen LogP contribution in [-0.4, -0.2) is 67.3 Å². The minimum absolute atomic E-state index is 0.0509. The van der Waals surface area contributed by atoms with Gasteiger partial charge in [0.05, 0.1) is 5.41 Å². The Bertz CT molecular complexity index is 933. The smallest absolute Gasteiger partial charge is 0.229 e. The number of phenolic OH excluding ortho intramolecular Hbond substituents is 1. The first kappa shape index (κ1) is 22.7. The number of amides is 1. The van der Waals surface area contributed by atoms with Gasteiger partial charge in [-0.2, -0.15) is 0 Å². The maximum Gasteiger partial charge on any atom is 0.229 e. The highest BCUT2D eigenvalue weighted by atomic mass is 19.1. The van der Waals surface area contributed by atoms with Crippen LogP contribution in [-0.2, 0) is 16.0 Å². The van der Waals surface area contributed by atoms with Crippen molar-refractivity contribution < 1.29 is 19.0 Å². The van der Waals surface area contributed by atoms with Crippen LogP contribution in [0.4, 0.5) is 4.39 Å². The average Bonchev–Trinajstić information content (AvgIpc) is 2.81. The molecule has 32 heavy (non-hydrogen) atoms. The molecule has 2 fully saturated rings. The Balaban J connectivity index is 1.53. The van der Waals surface area contributed by atoms with Crippen LogP contribution in [0.25, 0.3) is 11.1 Å². The van der Waals surface area contributed by atoms with Crippen molar-refractivity contribution in [2.24, 2.45) is 5.41 Å². The summed E-state index contributed by atoms with van der Waals surface area (Å²) in [6.45, 7) is 3.24. The molecule has 1 amide bonds. The number of ether oxygens (including phenoxy) is 1. The van der Waals surface area contributed by atoms with Crippen LogP contribution in [0.15, 0.2) is 42.5 Å². The van der Waals surface area contributed by atoms with Gasteiger partial charge in [-0.05, 0) is 81.6 Å². The number of hydrogen-bond acceptors (Lipinski definition) is 4. The molecule has 172 valence electrons. The van der Waals surface area contributed by atoms with E-state index in [-0.39, 0.29) is 23.5 Å². The molecule has 0 unspecified atom stereocenters. The van der Waals surface area contributed by atoms with Gasteiger partial charge >= 0.3 is 0 Å². The zero-order chi connectivity index (χ0) is 22.7. The lowest BCUT2D eigenvalue weighted by Gasteiger charge is -2.43. The monoisotopic (exact) mass is 440 g/mol. The van der Waals surface area contributed by atoms with Crippen molar-refractivity contribution in [3.8, 4) is 16.9 Å². The van der Waals surface area contributed by atoms with Gasteiger partial charge < -0.3 is 19.6 Å². The van der Waals surface area contributed by atoms with E-state index in [2.05, 4.69) is 11.9 Å². The number of likely N-dealkylation sites (tertiary alicyclic amines) is 1. The average molecular weight is 441 g/mol. The van der Waals surface area contributed by atoms with E-state index in [1.54, 1.807) is 0 Å². The lowest BCUT2D eigenvalue weighted by Crippen LogP contribution is -2.52. The molecule has 2 heterocycles. The second-order valence-corrected chi connectivity index (χ2v) is 9.38. The minimum Gasteiger partial charge on any atom is -0.507 e. The van der Waals surface area contributed by atoms with Crippen molar-refractivity contribution in [1.29, 1.82) is 0 Å². The van der Waals surface area contributed by atoms with Crippen molar-refractivity contribution in [2.75, 3.05) is 40.4 Å². The maximum atomic E-state index is 13.8. The van der Waals surface area contributed by atoms with Gasteiger partial charge in [-0.3, -0.25) is 4.79 Å². The third-order valence-corrected chi connectivity index (χ3v) is 7.23. The van der Waals surface area contributed by atoms with Crippen molar-refractivity contribution in [3.05, 3.63) is 53.8 Å².